The molecule has 1 amide bonds. The molecule has 2 aliphatic heterocycles. The number of amides is 1. The fraction of sp³-hybridized carbons (Fsp3) is 0.656. The number of nitrogens with zero attached hydrogens (tertiary/aromatic N) is 4. The first kappa shape index (κ1) is 28.8. The summed E-state index contributed by atoms with van der Waals surface area (Å²) in [4.78, 5) is 49.5. The zero-order valence-corrected chi connectivity index (χ0v) is 24.3. The monoisotopic (exact) mass is 577 g/mol. The predicted octanol–water partition coefficient (Wildman–Crippen LogP) is 4.38. The number of rotatable bonds is 9. The van der Waals surface area contributed by atoms with Crippen molar-refractivity contribution in [3.8, 4) is 0 Å². The molecule has 4 fully saturated rings. The van der Waals surface area contributed by atoms with Crippen molar-refractivity contribution >= 4 is 28.6 Å². The first-order valence-electron chi connectivity index (χ1n) is 15.9. The molecule has 1 aromatic heterocycles. The number of hydrogen-bond acceptors (Lipinski definition) is 7. The lowest BCUT2D eigenvalue weighted by molar-refractivity contribution is -0.142. The van der Waals surface area contributed by atoms with Gasteiger partial charge in [-0.15, -0.1) is 0 Å². The molecule has 10 heteroatoms. The third kappa shape index (κ3) is 6.09. The SMILES string of the molecule is NC(=O)CC/C(=N\OCC(=O)O)c1nc2ccccc2n(C2C[C@H]3CCC[C@@H](C2)N3C2C[C@H]3CCCC[C@@H](C2)C3)c1=O. The molecule has 226 valence electrons. The van der Waals surface area contributed by atoms with E-state index >= 15 is 0 Å². The van der Waals surface area contributed by atoms with Gasteiger partial charge in [0.05, 0.1) is 11.0 Å². The highest BCUT2D eigenvalue weighted by atomic mass is 16.6. The van der Waals surface area contributed by atoms with Gasteiger partial charge < -0.3 is 20.2 Å². The van der Waals surface area contributed by atoms with Gasteiger partial charge in [0, 0.05) is 37.0 Å². The second-order valence-corrected chi connectivity index (χ2v) is 13.0. The average molecular weight is 578 g/mol. The van der Waals surface area contributed by atoms with Crippen LogP contribution < -0.4 is 11.3 Å². The summed E-state index contributed by atoms with van der Waals surface area (Å²) < 4.78 is 1.90. The molecular weight excluding hydrogens is 534 g/mol. The second-order valence-electron chi connectivity index (χ2n) is 13.0. The van der Waals surface area contributed by atoms with Gasteiger partial charge in [-0.1, -0.05) is 49.4 Å². The zero-order chi connectivity index (χ0) is 29.2. The van der Waals surface area contributed by atoms with Crippen molar-refractivity contribution in [1.29, 1.82) is 0 Å². The molecule has 4 bridgehead atoms. The number of carboxylic acid groups (broad SMARTS) is 1. The third-order valence-corrected chi connectivity index (χ3v) is 10.2. The van der Waals surface area contributed by atoms with Crippen LogP contribution in [0.1, 0.15) is 102 Å². The predicted molar refractivity (Wildman–Crippen MR) is 159 cm³/mol. The number of nitrogens with two attached hydrogens (primary N) is 1. The van der Waals surface area contributed by atoms with E-state index in [1.807, 2.05) is 28.8 Å². The molecule has 4 aliphatic rings. The van der Waals surface area contributed by atoms with Crippen LogP contribution in [0.25, 0.3) is 11.0 Å². The van der Waals surface area contributed by atoms with Crippen molar-refractivity contribution < 1.29 is 19.5 Å². The first-order valence-corrected chi connectivity index (χ1v) is 15.9. The lowest BCUT2D eigenvalue weighted by atomic mass is 9.73. The minimum Gasteiger partial charge on any atom is -0.479 e. The smallest absolute Gasteiger partial charge is 0.344 e. The maximum absolute atomic E-state index is 14.3. The number of piperidine rings is 2. The average Bonchev–Trinajstić information content (AvgIpc) is 3.12. The number of para-hydroxylation sites is 2. The summed E-state index contributed by atoms with van der Waals surface area (Å²) >= 11 is 0. The summed E-state index contributed by atoms with van der Waals surface area (Å²) in [6.45, 7) is -0.660. The number of carboxylic acids is 1. The van der Waals surface area contributed by atoms with Crippen molar-refractivity contribution in [3.63, 3.8) is 0 Å². The minimum atomic E-state index is -1.19. The number of aromatic nitrogens is 2. The number of hydrogen-bond donors (Lipinski definition) is 2. The Morgan fingerprint density at radius 1 is 0.905 bits per heavy atom. The molecule has 0 radical (unpaired) electrons. The minimum absolute atomic E-state index is 0.0129. The topological polar surface area (TPSA) is 140 Å². The Labute approximate surface area is 246 Å². The van der Waals surface area contributed by atoms with Gasteiger partial charge in [-0.05, 0) is 68.9 Å². The van der Waals surface area contributed by atoms with Crippen LogP contribution in [0.4, 0.5) is 0 Å². The van der Waals surface area contributed by atoms with E-state index in [1.165, 1.54) is 51.4 Å². The second kappa shape index (κ2) is 12.5. The number of carbonyl (C=O) groups is 2. The molecule has 0 spiro atoms. The highest BCUT2D eigenvalue weighted by molar-refractivity contribution is 6.01. The fourth-order valence-electron chi connectivity index (χ4n) is 8.63. The van der Waals surface area contributed by atoms with Gasteiger partial charge in [0.2, 0.25) is 12.5 Å². The Hall–Kier alpha value is -3.27. The van der Waals surface area contributed by atoms with Crippen molar-refractivity contribution in [2.75, 3.05) is 6.61 Å². The molecule has 1 aromatic carbocycles. The van der Waals surface area contributed by atoms with Gasteiger partial charge in [-0.2, -0.15) is 0 Å². The van der Waals surface area contributed by atoms with E-state index in [2.05, 4.69) is 15.0 Å². The summed E-state index contributed by atoms with van der Waals surface area (Å²) in [5, 5.41) is 13.0. The van der Waals surface area contributed by atoms with Crippen LogP contribution in [0.3, 0.4) is 0 Å². The van der Waals surface area contributed by atoms with Crippen molar-refractivity contribution in [2.24, 2.45) is 22.7 Å². The molecule has 2 aromatic rings. The molecule has 2 saturated carbocycles. The lowest BCUT2D eigenvalue weighted by Crippen LogP contribution is -2.58. The Bertz CT molecular complexity index is 1380. The van der Waals surface area contributed by atoms with Crippen LogP contribution in [0, 0.1) is 11.8 Å². The third-order valence-electron chi connectivity index (χ3n) is 10.2. The molecule has 3 N–H and O–H groups in total. The Balaban J connectivity index is 1.34. The van der Waals surface area contributed by atoms with E-state index in [9.17, 15) is 14.4 Å². The maximum Gasteiger partial charge on any atom is 0.344 e. The van der Waals surface area contributed by atoms with E-state index in [0.717, 1.165) is 43.0 Å². The molecule has 42 heavy (non-hydrogen) atoms. The normalized spacial score (nSPS) is 30.0. The summed E-state index contributed by atoms with van der Waals surface area (Å²) in [7, 11) is 0. The van der Waals surface area contributed by atoms with Gasteiger partial charge in [0.25, 0.3) is 5.56 Å². The summed E-state index contributed by atoms with van der Waals surface area (Å²) in [5.74, 6) is -0.00634. The standard InChI is InChI=1S/C32H43N5O5/c33-29(38)13-12-27(35-42-19-30(39)40)31-32(41)37(28-11-4-3-10-26(28)34-31)25-17-22-8-5-9-23(18-25)36(22)24-15-20-6-1-2-7-21(14-20)16-24/h3-4,10-11,20-25H,1-2,5-9,12-19H2,(H2,33,38)(H,39,40)/b35-27+/t20-,21+,22-,23+,24?,25?. The molecule has 3 heterocycles. The van der Waals surface area contributed by atoms with E-state index < -0.39 is 18.5 Å². The molecule has 2 aliphatic carbocycles. The van der Waals surface area contributed by atoms with Crippen molar-refractivity contribution in [3.05, 3.63) is 40.3 Å². The van der Waals surface area contributed by atoms with Gasteiger partial charge in [0.1, 0.15) is 5.71 Å². The van der Waals surface area contributed by atoms with E-state index in [1.54, 1.807) is 0 Å². The van der Waals surface area contributed by atoms with Crippen LogP contribution in [0.15, 0.2) is 34.2 Å². The van der Waals surface area contributed by atoms with Crippen molar-refractivity contribution in [2.45, 2.75) is 114 Å². The number of benzene rings is 1. The van der Waals surface area contributed by atoms with Crippen molar-refractivity contribution in [1.82, 2.24) is 14.5 Å². The van der Waals surface area contributed by atoms with E-state index in [0.29, 0.717) is 23.6 Å². The molecule has 6 rings (SSSR count). The van der Waals surface area contributed by atoms with Crippen LogP contribution in [0.5, 0.6) is 0 Å². The van der Waals surface area contributed by atoms with Gasteiger partial charge in [0.15, 0.2) is 5.69 Å². The maximum atomic E-state index is 14.3. The number of fused-ring (bicyclic) bond motifs is 5. The van der Waals surface area contributed by atoms with Gasteiger partial charge >= 0.3 is 5.97 Å². The summed E-state index contributed by atoms with van der Waals surface area (Å²) in [5.41, 5.74) is 6.78. The number of oxime groups is 1. The number of carbonyl (C=O) groups excluding carboxylic acids is 1. The van der Waals surface area contributed by atoms with Crippen LogP contribution in [0.2, 0.25) is 0 Å². The fourth-order valence-corrected chi connectivity index (χ4v) is 8.63. The Morgan fingerprint density at radius 3 is 2.26 bits per heavy atom. The molecule has 2 unspecified atom stereocenters. The zero-order valence-electron chi connectivity index (χ0n) is 24.3. The van der Waals surface area contributed by atoms with Gasteiger partial charge in [-0.25, -0.2) is 9.78 Å². The molecule has 6 atom stereocenters. The van der Waals surface area contributed by atoms with Crippen LogP contribution in [-0.2, 0) is 14.4 Å². The Morgan fingerprint density at radius 2 is 1.60 bits per heavy atom. The van der Waals surface area contributed by atoms with Gasteiger partial charge in [-0.3, -0.25) is 14.5 Å². The quantitative estimate of drug-likeness (QED) is 0.333. The molecule has 2 saturated heterocycles. The highest BCUT2D eigenvalue weighted by Crippen LogP contribution is 2.47. The number of aliphatic carboxylic acids is 1. The summed E-state index contributed by atoms with van der Waals surface area (Å²) in [6, 6.07) is 9.21. The number of primary amides is 1. The van der Waals surface area contributed by atoms with E-state index in [-0.39, 0.29) is 35.8 Å². The molecule has 10 nitrogen and oxygen atoms in total. The largest absolute Gasteiger partial charge is 0.479 e. The van der Waals surface area contributed by atoms with Crippen LogP contribution >= 0.6 is 0 Å². The molecular formula is C32H43N5O5. The highest BCUT2D eigenvalue weighted by Gasteiger charge is 2.45. The van der Waals surface area contributed by atoms with E-state index in [4.69, 9.17) is 15.7 Å². The lowest BCUT2D eigenvalue weighted by Gasteiger charge is -2.54. The summed E-state index contributed by atoms with van der Waals surface area (Å²) in [6.07, 6.45) is 15.0. The first-order chi connectivity index (χ1) is 20.4. The van der Waals surface area contributed by atoms with Crippen LogP contribution in [-0.4, -0.2) is 61.9 Å². The Kier molecular flexibility index (Phi) is 8.60.